The van der Waals surface area contributed by atoms with E-state index in [0.29, 0.717) is 0 Å². The molecule has 1 fully saturated rings. The van der Waals surface area contributed by atoms with E-state index in [0.717, 1.165) is 11.8 Å². The lowest BCUT2D eigenvalue weighted by molar-refractivity contribution is 0.216. The Morgan fingerprint density at radius 3 is 1.85 bits per heavy atom. The second-order valence-electron chi connectivity index (χ2n) is 4.12. The molecule has 0 bridgehead atoms. The molecular weight excluding hydrogens is 160 g/mol. The van der Waals surface area contributed by atoms with Gasteiger partial charge in [-0.05, 0) is 38.5 Å². The molecule has 0 saturated heterocycles. The van der Waals surface area contributed by atoms with E-state index in [-0.39, 0.29) is 6.10 Å². The first-order valence-electron chi connectivity index (χ1n) is 5.23. The van der Waals surface area contributed by atoms with Crippen molar-refractivity contribution >= 4 is 0 Å². The molecule has 2 aliphatic carbocycles. The summed E-state index contributed by atoms with van der Waals surface area (Å²) in [4.78, 5) is 0. The summed E-state index contributed by atoms with van der Waals surface area (Å²) >= 11 is 0. The van der Waals surface area contributed by atoms with E-state index in [1.54, 1.807) is 13.8 Å². The minimum absolute atomic E-state index is 0.167. The molecule has 1 nitrogen and oxygen atoms in total. The van der Waals surface area contributed by atoms with Crippen LogP contribution in [0.25, 0.3) is 0 Å². The molecule has 1 heteroatoms. The van der Waals surface area contributed by atoms with E-state index in [1.165, 1.54) is 19.3 Å². The molecule has 1 saturated carbocycles. The molecule has 0 aromatic heterocycles. The van der Waals surface area contributed by atoms with Gasteiger partial charge in [0.05, 0.1) is 0 Å². The van der Waals surface area contributed by atoms with Gasteiger partial charge in [0.15, 0.2) is 0 Å². The van der Waals surface area contributed by atoms with Gasteiger partial charge in [-0.1, -0.05) is 30.7 Å². The summed E-state index contributed by atoms with van der Waals surface area (Å²) in [7, 11) is 0. The molecule has 0 aliphatic heterocycles. The van der Waals surface area contributed by atoms with Gasteiger partial charge >= 0.3 is 0 Å². The maximum Gasteiger partial charge on any atom is 0.0483 e. The van der Waals surface area contributed by atoms with Gasteiger partial charge in [-0.3, -0.25) is 0 Å². The first-order chi connectivity index (χ1) is 6.20. The third kappa shape index (κ3) is 3.77. The van der Waals surface area contributed by atoms with Crippen LogP contribution >= 0.6 is 0 Å². The predicted molar refractivity (Wildman–Crippen MR) is 56.5 cm³/mol. The maximum atomic E-state index is 8.06. The van der Waals surface area contributed by atoms with Crippen molar-refractivity contribution in [2.24, 2.45) is 11.8 Å². The zero-order chi connectivity index (χ0) is 9.68. The van der Waals surface area contributed by atoms with Crippen LogP contribution in [0.3, 0.4) is 0 Å². The molecule has 0 aromatic rings. The molecular formula is C12H20O. The fourth-order valence-corrected chi connectivity index (χ4v) is 1.91. The topological polar surface area (TPSA) is 20.2 Å². The quantitative estimate of drug-likeness (QED) is 0.607. The maximum absolute atomic E-state index is 8.06. The van der Waals surface area contributed by atoms with Crippen molar-refractivity contribution in [1.82, 2.24) is 0 Å². The van der Waals surface area contributed by atoms with E-state index in [1.807, 2.05) is 0 Å². The minimum Gasteiger partial charge on any atom is -0.394 e. The second kappa shape index (κ2) is 5.23. The molecule has 0 amide bonds. The number of aliphatic hydroxyl groups excluding tert-OH is 1. The summed E-state index contributed by atoms with van der Waals surface area (Å²) < 4.78 is 0. The van der Waals surface area contributed by atoms with E-state index in [4.69, 9.17) is 5.11 Å². The zero-order valence-corrected chi connectivity index (χ0v) is 8.61. The third-order valence-corrected chi connectivity index (χ3v) is 2.45. The fraction of sp³-hybridized carbons (Fsp3) is 0.667. The Bertz CT molecular complexity index is 171. The Labute approximate surface area is 81.2 Å². The van der Waals surface area contributed by atoms with Crippen LogP contribution in [0.15, 0.2) is 24.3 Å². The molecule has 0 spiro atoms. The summed E-state index contributed by atoms with van der Waals surface area (Å²) in [6.45, 7) is 3.44. The Balaban J connectivity index is 0.000000184. The van der Waals surface area contributed by atoms with E-state index >= 15 is 0 Å². The average molecular weight is 180 g/mol. The first-order valence-corrected chi connectivity index (χ1v) is 5.23. The lowest BCUT2D eigenvalue weighted by Crippen LogP contribution is -2.03. The summed E-state index contributed by atoms with van der Waals surface area (Å²) in [6, 6.07) is 0. The van der Waals surface area contributed by atoms with Crippen molar-refractivity contribution in [2.45, 2.75) is 39.2 Å². The summed E-state index contributed by atoms with van der Waals surface area (Å²) in [5, 5.41) is 8.06. The Hall–Kier alpha value is -0.560. The molecule has 13 heavy (non-hydrogen) atoms. The molecule has 74 valence electrons. The van der Waals surface area contributed by atoms with Gasteiger partial charge in [0.25, 0.3) is 0 Å². The standard InChI is InChI=1S/C9H12.C3H8O/c1-2-5-9-7-3-6-8(9)4-1;1-3(2)4/h1-2,4-5,8-9H,3,6-7H2;3-4H,1-2H3. The largest absolute Gasteiger partial charge is 0.394 e. The van der Waals surface area contributed by atoms with Crippen LogP contribution in [0.5, 0.6) is 0 Å². The SMILES string of the molecule is C1=CC2CCCC2C=C1.CC(C)O. The smallest absolute Gasteiger partial charge is 0.0483 e. The zero-order valence-electron chi connectivity index (χ0n) is 8.61. The van der Waals surface area contributed by atoms with Crippen LogP contribution in [0.1, 0.15) is 33.1 Å². The van der Waals surface area contributed by atoms with Gasteiger partial charge in [0.2, 0.25) is 0 Å². The van der Waals surface area contributed by atoms with Gasteiger partial charge in [-0.2, -0.15) is 0 Å². The van der Waals surface area contributed by atoms with Crippen molar-refractivity contribution in [3.63, 3.8) is 0 Å². The minimum atomic E-state index is -0.167. The van der Waals surface area contributed by atoms with Crippen molar-refractivity contribution in [2.75, 3.05) is 0 Å². The normalized spacial score (nSPS) is 29.8. The molecule has 1 N–H and O–H groups in total. The van der Waals surface area contributed by atoms with E-state index < -0.39 is 0 Å². The van der Waals surface area contributed by atoms with Gasteiger partial charge in [-0.25, -0.2) is 0 Å². The predicted octanol–water partition coefficient (Wildman–Crippen LogP) is 2.92. The fourth-order valence-electron chi connectivity index (χ4n) is 1.91. The van der Waals surface area contributed by atoms with Gasteiger partial charge in [0.1, 0.15) is 0 Å². The molecule has 2 aliphatic rings. The van der Waals surface area contributed by atoms with Crippen LogP contribution in [0.4, 0.5) is 0 Å². The highest BCUT2D eigenvalue weighted by molar-refractivity contribution is 5.15. The molecule has 2 atom stereocenters. The highest BCUT2D eigenvalue weighted by Crippen LogP contribution is 2.35. The van der Waals surface area contributed by atoms with Crippen LogP contribution < -0.4 is 0 Å². The van der Waals surface area contributed by atoms with E-state index in [9.17, 15) is 0 Å². The van der Waals surface area contributed by atoms with Crippen LogP contribution in [0, 0.1) is 11.8 Å². The monoisotopic (exact) mass is 180 g/mol. The number of allylic oxidation sites excluding steroid dienone is 4. The lowest BCUT2D eigenvalue weighted by Gasteiger charge is -2.13. The molecule has 0 heterocycles. The number of aliphatic hydroxyl groups is 1. The molecule has 2 unspecified atom stereocenters. The third-order valence-electron chi connectivity index (χ3n) is 2.45. The number of fused-ring (bicyclic) bond motifs is 1. The number of rotatable bonds is 0. The Kier molecular flexibility index (Phi) is 4.23. The van der Waals surface area contributed by atoms with Crippen LogP contribution in [0.2, 0.25) is 0 Å². The van der Waals surface area contributed by atoms with Crippen molar-refractivity contribution in [1.29, 1.82) is 0 Å². The second-order valence-corrected chi connectivity index (χ2v) is 4.12. The highest BCUT2D eigenvalue weighted by Gasteiger charge is 2.23. The van der Waals surface area contributed by atoms with Crippen molar-refractivity contribution in [3.8, 4) is 0 Å². The van der Waals surface area contributed by atoms with Gasteiger partial charge in [-0.15, -0.1) is 0 Å². The lowest BCUT2D eigenvalue weighted by atomic mass is 9.92. The molecule has 0 radical (unpaired) electrons. The highest BCUT2D eigenvalue weighted by atomic mass is 16.3. The molecule has 2 rings (SSSR count). The summed E-state index contributed by atoms with van der Waals surface area (Å²) in [6.07, 6.45) is 13.2. The Morgan fingerprint density at radius 1 is 1.08 bits per heavy atom. The first kappa shape index (κ1) is 10.5. The van der Waals surface area contributed by atoms with Gasteiger partial charge in [0, 0.05) is 6.10 Å². The Morgan fingerprint density at radius 2 is 1.46 bits per heavy atom. The van der Waals surface area contributed by atoms with Crippen molar-refractivity contribution in [3.05, 3.63) is 24.3 Å². The van der Waals surface area contributed by atoms with Gasteiger partial charge < -0.3 is 5.11 Å². The van der Waals surface area contributed by atoms with Crippen LogP contribution in [-0.2, 0) is 0 Å². The summed E-state index contributed by atoms with van der Waals surface area (Å²) in [5.74, 6) is 1.80. The number of hydrogen-bond acceptors (Lipinski definition) is 1. The number of hydrogen-bond donors (Lipinski definition) is 1. The average Bonchev–Trinajstić information content (AvgIpc) is 2.49. The van der Waals surface area contributed by atoms with Crippen LogP contribution in [-0.4, -0.2) is 11.2 Å². The summed E-state index contributed by atoms with van der Waals surface area (Å²) in [5.41, 5.74) is 0. The molecule has 0 aromatic carbocycles. The van der Waals surface area contributed by atoms with E-state index in [2.05, 4.69) is 24.3 Å². The van der Waals surface area contributed by atoms with Crippen molar-refractivity contribution < 1.29 is 5.11 Å².